The van der Waals surface area contributed by atoms with E-state index in [0.29, 0.717) is 16.3 Å². The molecule has 0 aliphatic carbocycles. The Labute approximate surface area is 138 Å². The van der Waals surface area contributed by atoms with Crippen LogP contribution in [0.15, 0.2) is 48.8 Å². The second kappa shape index (κ2) is 8.26. The van der Waals surface area contributed by atoms with Crippen molar-refractivity contribution >= 4 is 29.1 Å². The van der Waals surface area contributed by atoms with Crippen molar-refractivity contribution in [2.45, 2.75) is 12.5 Å². The Balaban J connectivity index is 1.77. The molecule has 1 aromatic carbocycles. The minimum absolute atomic E-state index is 0.160. The number of halogens is 1. The van der Waals surface area contributed by atoms with Gasteiger partial charge in [0.05, 0.1) is 18.0 Å². The van der Waals surface area contributed by atoms with Gasteiger partial charge in [-0.15, -0.1) is 0 Å². The minimum Gasteiger partial charge on any atom is -0.388 e. The molecule has 1 unspecified atom stereocenters. The van der Waals surface area contributed by atoms with E-state index < -0.39 is 17.9 Å². The number of carbonyl (C=O) groups excluding carboxylic acids is 2. The monoisotopic (exact) mass is 333 g/mol. The summed E-state index contributed by atoms with van der Waals surface area (Å²) in [6.45, 7) is 0.160. The van der Waals surface area contributed by atoms with Gasteiger partial charge in [0.15, 0.2) is 0 Å². The van der Waals surface area contributed by atoms with E-state index in [0.717, 1.165) is 0 Å². The SMILES string of the molecule is O=C(NCCC(O)c1cccc(Cl)c1)C(=O)Nc1cccnc1. The fraction of sp³-hybridized carbons (Fsp3) is 0.188. The van der Waals surface area contributed by atoms with Crippen molar-refractivity contribution in [3.63, 3.8) is 0 Å². The molecule has 0 saturated heterocycles. The van der Waals surface area contributed by atoms with Crippen LogP contribution in [-0.2, 0) is 9.59 Å². The number of nitrogens with one attached hydrogen (secondary N) is 2. The van der Waals surface area contributed by atoms with Gasteiger partial charge >= 0.3 is 11.8 Å². The van der Waals surface area contributed by atoms with Crippen LogP contribution in [0.25, 0.3) is 0 Å². The first-order valence-corrected chi connectivity index (χ1v) is 7.37. The van der Waals surface area contributed by atoms with Gasteiger partial charge in [0.2, 0.25) is 0 Å². The number of carbonyl (C=O) groups is 2. The van der Waals surface area contributed by atoms with E-state index >= 15 is 0 Å². The van der Waals surface area contributed by atoms with Crippen LogP contribution >= 0.6 is 11.6 Å². The van der Waals surface area contributed by atoms with Gasteiger partial charge in [0.1, 0.15) is 0 Å². The van der Waals surface area contributed by atoms with Gasteiger partial charge in [-0.3, -0.25) is 14.6 Å². The predicted octanol–water partition coefficient (Wildman–Crippen LogP) is 1.91. The third kappa shape index (κ3) is 5.36. The number of hydrogen-bond acceptors (Lipinski definition) is 4. The second-order valence-electron chi connectivity index (χ2n) is 4.81. The Morgan fingerprint density at radius 2 is 2.04 bits per heavy atom. The summed E-state index contributed by atoms with van der Waals surface area (Å²) in [6, 6.07) is 10.1. The highest BCUT2D eigenvalue weighted by Gasteiger charge is 2.14. The van der Waals surface area contributed by atoms with Gasteiger partial charge in [0.25, 0.3) is 0 Å². The first-order valence-electron chi connectivity index (χ1n) is 6.99. The van der Waals surface area contributed by atoms with Crippen LogP contribution < -0.4 is 10.6 Å². The summed E-state index contributed by atoms with van der Waals surface area (Å²) in [5.74, 6) is -1.55. The maximum Gasteiger partial charge on any atom is 0.313 e. The van der Waals surface area contributed by atoms with Crippen LogP contribution in [0.5, 0.6) is 0 Å². The Hall–Kier alpha value is -2.44. The fourth-order valence-electron chi connectivity index (χ4n) is 1.91. The third-order valence-corrected chi connectivity index (χ3v) is 3.30. The summed E-state index contributed by atoms with van der Waals surface area (Å²) in [5.41, 5.74) is 1.10. The Bertz CT molecular complexity index is 679. The lowest BCUT2D eigenvalue weighted by Gasteiger charge is -2.12. The van der Waals surface area contributed by atoms with E-state index in [1.54, 1.807) is 42.6 Å². The number of amides is 2. The summed E-state index contributed by atoms with van der Waals surface area (Å²) in [5, 5.41) is 15.4. The number of benzene rings is 1. The first-order chi connectivity index (χ1) is 11.1. The van der Waals surface area contributed by atoms with Crippen molar-refractivity contribution in [1.29, 1.82) is 0 Å². The van der Waals surface area contributed by atoms with E-state index in [2.05, 4.69) is 15.6 Å². The molecule has 0 bridgehead atoms. The zero-order chi connectivity index (χ0) is 16.7. The number of rotatable bonds is 5. The van der Waals surface area contributed by atoms with E-state index in [1.165, 1.54) is 6.20 Å². The van der Waals surface area contributed by atoms with Crippen LogP contribution in [0.4, 0.5) is 5.69 Å². The smallest absolute Gasteiger partial charge is 0.313 e. The molecular formula is C16H16ClN3O3. The minimum atomic E-state index is -0.782. The summed E-state index contributed by atoms with van der Waals surface area (Å²) in [6.07, 6.45) is 2.50. The molecule has 2 amide bonds. The fourth-order valence-corrected chi connectivity index (χ4v) is 2.11. The topological polar surface area (TPSA) is 91.3 Å². The lowest BCUT2D eigenvalue weighted by Crippen LogP contribution is -2.36. The van der Waals surface area contributed by atoms with Crippen LogP contribution in [0.2, 0.25) is 5.02 Å². The lowest BCUT2D eigenvalue weighted by atomic mass is 10.1. The van der Waals surface area contributed by atoms with Crippen molar-refractivity contribution in [3.05, 3.63) is 59.4 Å². The van der Waals surface area contributed by atoms with Crippen molar-refractivity contribution < 1.29 is 14.7 Å². The summed E-state index contributed by atoms with van der Waals surface area (Å²) < 4.78 is 0. The van der Waals surface area contributed by atoms with E-state index in [1.807, 2.05) is 0 Å². The average Bonchev–Trinajstić information content (AvgIpc) is 2.55. The normalized spacial score (nSPS) is 11.6. The number of aliphatic hydroxyl groups is 1. The van der Waals surface area contributed by atoms with E-state index in [4.69, 9.17) is 11.6 Å². The zero-order valence-electron chi connectivity index (χ0n) is 12.2. The summed E-state index contributed by atoms with van der Waals surface area (Å²) in [7, 11) is 0. The molecule has 6 nitrogen and oxygen atoms in total. The number of aromatic nitrogens is 1. The van der Waals surface area contributed by atoms with Gasteiger partial charge in [-0.1, -0.05) is 23.7 Å². The highest BCUT2D eigenvalue weighted by molar-refractivity contribution is 6.39. The maximum absolute atomic E-state index is 11.7. The standard InChI is InChI=1S/C16H16ClN3O3/c17-12-4-1-3-11(9-12)14(21)6-8-19-15(22)16(23)20-13-5-2-7-18-10-13/h1-5,7,9-10,14,21H,6,8H2,(H,19,22)(H,20,23). The van der Waals surface area contributed by atoms with Gasteiger partial charge in [-0.05, 0) is 36.2 Å². The molecule has 23 heavy (non-hydrogen) atoms. The molecule has 0 saturated carbocycles. The molecule has 1 heterocycles. The molecule has 0 radical (unpaired) electrons. The Kier molecular flexibility index (Phi) is 6.08. The highest BCUT2D eigenvalue weighted by atomic mass is 35.5. The molecule has 0 aliphatic heterocycles. The van der Waals surface area contributed by atoms with Gasteiger partial charge in [0, 0.05) is 17.8 Å². The number of nitrogens with zero attached hydrogens (tertiary/aromatic N) is 1. The van der Waals surface area contributed by atoms with Gasteiger partial charge < -0.3 is 15.7 Å². The zero-order valence-corrected chi connectivity index (χ0v) is 13.0. The molecule has 0 aliphatic rings. The predicted molar refractivity (Wildman–Crippen MR) is 86.9 cm³/mol. The van der Waals surface area contributed by atoms with Crippen molar-refractivity contribution in [1.82, 2.24) is 10.3 Å². The van der Waals surface area contributed by atoms with E-state index in [-0.39, 0.29) is 13.0 Å². The summed E-state index contributed by atoms with van der Waals surface area (Å²) >= 11 is 5.85. The lowest BCUT2D eigenvalue weighted by molar-refractivity contribution is -0.136. The molecule has 2 rings (SSSR count). The second-order valence-corrected chi connectivity index (χ2v) is 5.25. The third-order valence-electron chi connectivity index (χ3n) is 3.06. The molecule has 2 aromatic rings. The largest absolute Gasteiger partial charge is 0.388 e. The molecule has 0 fully saturated rings. The Morgan fingerprint density at radius 1 is 1.22 bits per heavy atom. The molecule has 1 atom stereocenters. The number of hydrogen-bond donors (Lipinski definition) is 3. The van der Waals surface area contributed by atoms with Crippen LogP contribution in [0.1, 0.15) is 18.1 Å². The van der Waals surface area contributed by atoms with Crippen LogP contribution in [0, 0.1) is 0 Å². The summed E-state index contributed by atoms with van der Waals surface area (Å²) in [4.78, 5) is 27.2. The quantitative estimate of drug-likeness (QED) is 0.729. The van der Waals surface area contributed by atoms with Crippen molar-refractivity contribution in [2.75, 3.05) is 11.9 Å². The average molecular weight is 334 g/mol. The molecule has 0 spiro atoms. The molecule has 7 heteroatoms. The first kappa shape index (κ1) is 16.9. The molecule has 120 valence electrons. The molecular weight excluding hydrogens is 318 g/mol. The number of anilines is 1. The van der Waals surface area contributed by atoms with Crippen molar-refractivity contribution in [3.8, 4) is 0 Å². The van der Waals surface area contributed by atoms with Gasteiger partial charge in [-0.2, -0.15) is 0 Å². The molecule has 1 aromatic heterocycles. The highest BCUT2D eigenvalue weighted by Crippen LogP contribution is 2.19. The van der Waals surface area contributed by atoms with Crippen LogP contribution in [-0.4, -0.2) is 28.4 Å². The number of aliphatic hydroxyl groups excluding tert-OH is 1. The van der Waals surface area contributed by atoms with E-state index in [9.17, 15) is 14.7 Å². The Morgan fingerprint density at radius 3 is 2.74 bits per heavy atom. The molecule has 3 N–H and O–H groups in total. The van der Waals surface area contributed by atoms with Gasteiger partial charge in [-0.25, -0.2) is 0 Å². The number of pyridine rings is 1. The van der Waals surface area contributed by atoms with Crippen molar-refractivity contribution in [2.24, 2.45) is 0 Å². The van der Waals surface area contributed by atoms with Crippen LogP contribution in [0.3, 0.4) is 0 Å². The maximum atomic E-state index is 11.7.